The number of methoxy groups -OCH3 is 1. The normalized spacial score (nSPS) is 11.4. The average molecular weight is 567 g/mol. The fourth-order valence-corrected chi connectivity index (χ4v) is 4.58. The highest BCUT2D eigenvalue weighted by Gasteiger charge is 2.31. The third-order valence-electron chi connectivity index (χ3n) is 6.73. The summed E-state index contributed by atoms with van der Waals surface area (Å²) in [6.45, 7) is 1.07. The summed E-state index contributed by atoms with van der Waals surface area (Å²) in [7, 11) is 1.53. The third kappa shape index (κ3) is 8.34. The molecule has 0 spiro atoms. The number of aromatic amines is 1. The summed E-state index contributed by atoms with van der Waals surface area (Å²) in [6.07, 6.45) is -1.55. The van der Waals surface area contributed by atoms with Gasteiger partial charge >= 0.3 is 12.2 Å². The predicted octanol–water partition coefficient (Wildman–Crippen LogP) is 6.33. The van der Waals surface area contributed by atoms with Crippen LogP contribution < -0.4 is 5.32 Å². The van der Waals surface area contributed by atoms with Crippen LogP contribution in [0.1, 0.15) is 23.1 Å². The Kier molecular flexibility index (Phi) is 10.0. The molecule has 0 aliphatic heterocycles. The number of alkyl halides is 3. The Labute approximate surface area is 236 Å². The van der Waals surface area contributed by atoms with Crippen LogP contribution in [-0.4, -0.2) is 60.1 Å². The molecule has 0 unspecified atom stereocenters. The van der Waals surface area contributed by atoms with Gasteiger partial charge in [-0.25, -0.2) is 4.79 Å². The minimum absolute atomic E-state index is 0.00510. The van der Waals surface area contributed by atoms with Crippen LogP contribution in [0.2, 0.25) is 0 Å². The molecular weight excluding hydrogens is 533 g/mol. The lowest BCUT2D eigenvalue weighted by Crippen LogP contribution is -2.45. The molecule has 0 aliphatic rings. The maximum atomic E-state index is 13.7. The van der Waals surface area contributed by atoms with Crippen LogP contribution in [0.3, 0.4) is 0 Å². The molecule has 1 aromatic heterocycles. The molecule has 0 radical (unpaired) electrons. The highest BCUT2D eigenvalue weighted by molar-refractivity contribution is 5.92. The summed E-state index contributed by atoms with van der Waals surface area (Å²) in [5, 5.41) is 3.61. The zero-order valence-electron chi connectivity index (χ0n) is 22.8. The molecule has 0 atom stereocenters. The van der Waals surface area contributed by atoms with Crippen molar-refractivity contribution in [3.63, 3.8) is 0 Å². The molecule has 2 N–H and O–H groups in total. The van der Waals surface area contributed by atoms with E-state index in [2.05, 4.69) is 10.3 Å². The molecule has 4 aromatic rings. The van der Waals surface area contributed by atoms with Crippen molar-refractivity contribution in [1.29, 1.82) is 0 Å². The SMILES string of the molecule is COCCCN(CC(=O)N(CCc1c[nH]c2ccccc12)Cc1ccccc1)C(=O)Nc1cccc(C(F)(F)F)c1. The molecule has 10 heteroatoms. The quantitative estimate of drug-likeness (QED) is 0.197. The number of para-hydroxylation sites is 1. The lowest BCUT2D eigenvalue weighted by atomic mass is 10.1. The number of aromatic nitrogens is 1. The van der Waals surface area contributed by atoms with E-state index in [1.807, 2.05) is 60.8 Å². The Morgan fingerprint density at radius 1 is 0.927 bits per heavy atom. The van der Waals surface area contributed by atoms with Crippen LogP contribution >= 0.6 is 0 Å². The second-order valence-electron chi connectivity index (χ2n) is 9.69. The number of nitrogens with one attached hydrogen (secondary N) is 2. The first-order valence-corrected chi connectivity index (χ1v) is 13.3. The van der Waals surface area contributed by atoms with Crippen molar-refractivity contribution in [3.05, 3.63) is 102 Å². The van der Waals surface area contributed by atoms with Crippen LogP contribution in [0.4, 0.5) is 23.7 Å². The standard InChI is InChI=1S/C31H33F3N4O3/c1-41-18-8-16-38(30(40)36-26-12-7-11-25(19-26)31(32,33)34)22-29(39)37(21-23-9-3-2-4-10-23)17-15-24-20-35-28-14-6-5-13-27(24)28/h2-7,9-14,19-20,35H,8,15-18,21-22H2,1H3,(H,36,40). The molecule has 7 nitrogen and oxygen atoms in total. The van der Waals surface area contributed by atoms with Gasteiger partial charge in [-0.2, -0.15) is 13.2 Å². The number of benzene rings is 3. The van der Waals surface area contributed by atoms with E-state index >= 15 is 0 Å². The van der Waals surface area contributed by atoms with Crippen molar-refractivity contribution >= 4 is 28.5 Å². The lowest BCUT2D eigenvalue weighted by Gasteiger charge is -2.28. The maximum Gasteiger partial charge on any atom is 0.416 e. The van der Waals surface area contributed by atoms with Gasteiger partial charge in [0.05, 0.1) is 5.56 Å². The molecule has 4 rings (SSSR count). The summed E-state index contributed by atoms with van der Waals surface area (Å²) in [4.78, 5) is 33.1. The van der Waals surface area contributed by atoms with Gasteiger partial charge in [0.25, 0.3) is 0 Å². The number of hydrogen-bond donors (Lipinski definition) is 2. The zero-order valence-corrected chi connectivity index (χ0v) is 22.8. The number of urea groups is 1. The van der Waals surface area contributed by atoms with Crippen LogP contribution in [-0.2, 0) is 28.7 Å². The van der Waals surface area contributed by atoms with Gasteiger partial charge in [0.2, 0.25) is 5.91 Å². The number of hydrogen-bond acceptors (Lipinski definition) is 3. The maximum absolute atomic E-state index is 13.7. The number of halogens is 3. The largest absolute Gasteiger partial charge is 0.416 e. The number of nitrogens with zero attached hydrogens (tertiary/aromatic N) is 2. The number of ether oxygens (including phenoxy) is 1. The molecule has 0 saturated heterocycles. The number of carbonyl (C=O) groups is 2. The smallest absolute Gasteiger partial charge is 0.385 e. The Bertz CT molecular complexity index is 1440. The van der Waals surface area contributed by atoms with Crippen molar-refractivity contribution in [3.8, 4) is 0 Å². The van der Waals surface area contributed by atoms with Gasteiger partial charge in [0, 0.05) is 56.1 Å². The second kappa shape index (κ2) is 13.8. The lowest BCUT2D eigenvalue weighted by molar-refractivity contribution is -0.137. The number of amides is 3. The molecule has 0 aliphatic carbocycles. The van der Waals surface area contributed by atoms with E-state index in [9.17, 15) is 22.8 Å². The molecule has 0 saturated carbocycles. The predicted molar refractivity (Wildman–Crippen MR) is 152 cm³/mol. The second-order valence-corrected chi connectivity index (χ2v) is 9.69. The van der Waals surface area contributed by atoms with Gasteiger partial charge in [0.1, 0.15) is 6.54 Å². The summed E-state index contributed by atoms with van der Waals surface area (Å²) in [5.41, 5.74) is 2.15. The summed E-state index contributed by atoms with van der Waals surface area (Å²) in [6, 6.07) is 21.3. The minimum atomic E-state index is -4.54. The van der Waals surface area contributed by atoms with Crippen molar-refractivity contribution in [1.82, 2.24) is 14.8 Å². The van der Waals surface area contributed by atoms with Crippen molar-refractivity contribution in [2.75, 3.05) is 38.7 Å². The molecule has 216 valence electrons. The summed E-state index contributed by atoms with van der Waals surface area (Å²) >= 11 is 0. The van der Waals surface area contributed by atoms with Gasteiger partial charge in [-0.05, 0) is 48.2 Å². The fraction of sp³-hybridized carbons (Fsp3) is 0.290. The molecule has 0 fully saturated rings. The van der Waals surface area contributed by atoms with Gasteiger partial charge in [0.15, 0.2) is 0 Å². The third-order valence-corrected chi connectivity index (χ3v) is 6.73. The van der Waals surface area contributed by atoms with E-state index in [1.54, 1.807) is 4.90 Å². The van der Waals surface area contributed by atoms with Gasteiger partial charge < -0.3 is 24.8 Å². The number of anilines is 1. The van der Waals surface area contributed by atoms with E-state index in [0.717, 1.165) is 34.2 Å². The first-order chi connectivity index (χ1) is 19.7. The summed E-state index contributed by atoms with van der Waals surface area (Å²) in [5.74, 6) is -0.273. The highest BCUT2D eigenvalue weighted by Crippen LogP contribution is 2.30. The number of H-pyrrole nitrogens is 1. The average Bonchev–Trinajstić information content (AvgIpc) is 3.38. The van der Waals surface area contributed by atoms with E-state index in [1.165, 1.54) is 24.1 Å². The first-order valence-electron chi connectivity index (χ1n) is 13.3. The summed E-state index contributed by atoms with van der Waals surface area (Å²) < 4.78 is 44.7. The molecule has 41 heavy (non-hydrogen) atoms. The van der Waals surface area contributed by atoms with Crippen molar-refractivity contribution in [2.45, 2.75) is 25.6 Å². The monoisotopic (exact) mass is 566 g/mol. The van der Waals surface area contributed by atoms with E-state index in [-0.39, 0.29) is 24.7 Å². The zero-order chi connectivity index (χ0) is 29.2. The van der Waals surface area contributed by atoms with Crippen LogP contribution in [0.25, 0.3) is 10.9 Å². The molecule has 0 bridgehead atoms. The van der Waals surface area contributed by atoms with Crippen LogP contribution in [0.5, 0.6) is 0 Å². The van der Waals surface area contributed by atoms with E-state index < -0.39 is 17.8 Å². The fourth-order valence-electron chi connectivity index (χ4n) is 4.58. The van der Waals surface area contributed by atoms with Gasteiger partial charge in [-0.3, -0.25) is 4.79 Å². The number of rotatable bonds is 12. The van der Waals surface area contributed by atoms with Crippen molar-refractivity contribution in [2.24, 2.45) is 0 Å². The Morgan fingerprint density at radius 2 is 1.68 bits per heavy atom. The molecule has 3 amide bonds. The minimum Gasteiger partial charge on any atom is -0.385 e. The van der Waals surface area contributed by atoms with E-state index in [0.29, 0.717) is 32.5 Å². The Morgan fingerprint density at radius 3 is 2.44 bits per heavy atom. The topological polar surface area (TPSA) is 77.7 Å². The van der Waals surface area contributed by atoms with E-state index in [4.69, 9.17) is 4.74 Å². The van der Waals surface area contributed by atoms with Crippen LogP contribution in [0, 0.1) is 0 Å². The number of fused-ring (bicyclic) bond motifs is 1. The van der Waals surface area contributed by atoms with Gasteiger partial charge in [-0.1, -0.05) is 54.6 Å². The van der Waals surface area contributed by atoms with Crippen LogP contribution in [0.15, 0.2) is 85.1 Å². The molecule has 3 aromatic carbocycles. The molecule has 1 heterocycles. The van der Waals surface area contributed by atoms with Gasteiger partial charge in [-0.15, -0.1) is 0 Å². The Balaban J connectivity index is 1.51. The first kappa shape index (κ1) is 29.7. The highest BCUT2D eigenvalue weighted by atomic mass is 19.4. The number of carbonyl (C=O) groups excluding carboxylic acids is 2. The Hall–Kier alpha value is -4.31. The molecular formula is C31H33F3N4O3. The van der Waals surface area contributed by atoms with Crippen molar-refractivity contribution < 1.29 is 27.5 Å².